The number of benzene rings is 6. The molecule has 29 nitrogen and oxygen atoms in total. The van der Waals surface area contributed by atoms with Crippen molar-refractivity contribution in [2.24, 2.45) is 11.3 Å². The van der Waals surface area contributed by atoms with Crippen LogP contribution in [0.3, 0.4) is 0 Å². The van der Waals surface area contributed by atoms with Crippen molar-refractivity contribution in [2.75, 3.05) is 81.2 Å². The molecule has 1 unspecified atom stereocenters. The third-order valence-corrected chi connectivity index (χ3v) is 20.6. The second-order valence-corrected chi connectivity index (χ2v) is 28.7. The van der Waals surface area contributed by atoms with E-state index >= 15 is 0 Å². The highest BCUT2D eigenvalue weighted by Crippen LogP contribution is 2.57. The molecule has 6 aliphatic rings. The maximum atomic E-state index is 14.5. The lowest BCUT2D eigenvalue weighted by molar-refractivity contribution is -0.132. The number of aliphatic hydroxyl groups excluding tert-OH is 1. The topological polar surface area (TPSA) is 345 Å². The van der Waals surface area contributed by atoms with Crippen LogP contribution in [0.5, 0.6) is 28.7 Å². The fraction of sp³-hybridized carbons (Fsp3) is 0.388. The number of carbonyl (C=O) groups is 9. The molecule has 1 aliphatic carbocycles. The van der Waals surface area contributed by atoms with Gasteiger partial charge >= 0.3 is 6.09 Å². The summed E-state index contributed by atoms with van der Waals surface area (Å²) < 4.78 is 37.1. The van der Waals surface area contributed by atoms with Gasteiger partial charge in [0.1, 0.15) is 30.1 Å². The number of fused-ring (bicyclic) bond motifs is 9. The van der Waals surface area contributed by atoms with Crippen LogP contribution in [0, 0.1) is 11.3 Å². The second kappa shape index (κ2) is 32.2. The number of rotatable bonds is 26. The van der Waals surface area contributed by atoms with E-state index in [1.54, 1.807) is 72.1 Å². The summed E-state index contributed by atoms with van der Waals surface area (Å²) in [5, 5.41) is 37.7. The molecular formula is C80H89N13O16. The van der Waals surface area contributed by atoms with Gasteiger partial charge in [0.15, 0.2) is 29.2 Å². The highest BCUT2D eigenvalue weighted by atomic mass is 16.6. The third-order valence-electron chi connectivity index (χ3n) is 20.6. The number of aliphatic hydroxyl groups is 1. The highest BCUT2D eigenvalue weighted by molar-refractivity contribution is 6.07. The van der Waals surface area contributed by atoms with Crippen LogP contribution in [-0.4, -0.2) is 174 Å². The van der Waals surface area contributed by atoms with Crippen LogP contribution in [0.1, 0.15) is 123 Å². The number of hydrogen-bond donors (Lipinski definition) is 7. The quantitative estimate of drug-likeness (QED) is 0.0250. The number of ether oxygens (including phenoxy) is 6. The number of carbonyl (C=O) groups excluding carboxylic acids is 9. The van der Waals surface area contributed by atoms with Crippen LogP contribution in [0.2, 0.25) is 0 Å². The zero-order chi connectivity index (χ0) is 76.9. The van der Waals surface area contributed by atoms with Crippen molar-refractivity contribution < 1.29 is 76.7 Å². The molecule has 5 aliphatic heterocycles. The van der Waals surface area contributed by atoms with Gasteiger partial charge in [0.05, 0.1) is 100 Å². The van der Waals surface area contributed by atoms with Gasteiger partial charge in [0, 0.05) is 73.5 Å². The Morgan fingerprint density at radius 1 is 0.688 bits per heavy atom. The van der Waals surface area contributed by atoms with E-state index in [0.717, 1.165) is 57.0 Å². The van der Waals surface area contributed by atoms with E-state index in [1.807, 2.05) is 97.5 Å². The predicted molar refractivity (Wildman–Crippen MR) is 403 cm³/mol. The first-order chi connectivity index (χ1) is 52.5. The molecule has 109 heavy (non-hydrogen) atoms. The van der Waals surface area contributed by atoms with Gasteiger partial charge in [0.25, 0.3) is 11.8 Å². The van der Waals surface area contributed by atoms with Gasteiger partial charge in [-0.2, -0.15) is 0 Å². The van der Waals surface area contributed by atoms with Crippen LogP contribution in [0.4, 0.5) is 27.5 Å². The second-order valence-electron chi connectivity index (χ2n) is 28.7. The predicted octanol–water partition coefficient (Wildman–Crippen LogP) is 8.36. The summed E-state index contributed by atoms with van der Waals surface area (Å²) >= 11 is 0. The zero-order valence-electron chi connectivity index (χ0n) is 62.0. The minimum absolute atomic E-state index is 0.0292. The van der Waals surface area contributed by atoms with E-state index in [9.17, 15) is 48.3 Å². The van der Waals surface area contributed by atoms with Crippen molar-refractivity contribution in [1.82, 2.24) is 46.1 Å². The maximum Gasteiger partial charge on any atom is 0.416 e. The first kappa shape index (κ1) is 75.2. The molecule has 6 heterocycles. The number of nitrogens with zero attached hydrogens (tertiary/aromatic N) is 7. The minimum atomic E-state index is -1.50. The van der Waals surface area contributed by atoms with Crippen molar-refractivity contribution in [3.05, 3.63) is 155 Å². The molecule has 1 spiro atoms. The van der Waals surface area contributed by atoms with Crippen LogP contribution in [0.15, 0.2) is 128 Å². The van der Waals surface area contributed by atoms with Gasteiger partial charge in [-0.3, -0.25) is 38.4 Å². The SMILES string of the molecule is COc1ccc(C2=CN3C(=O)c4cc(OC)c(OCCCOc5cc6c(cc5OC)C(=O)N5CC7(CC7)C[C@H]5C(O)N6C(=O)OCc5ccc(NC(=O)[C@H](C)NC(=O)[C@@H](NC(=O)CNC(=O)CNC(=O)CCC(=O)N6Cc7ccccc7-c7nnn(C(C)C)c7-c7ccccc76)C(C)C)cc5)cc4NC[C@@H]3C2)cc1. The van der Waals surface area contributed by atoms with E-state index < -0.39 is 79.0 Å². The van der Waals surface area contributed by atoms with E-state index in [-0.39, 0.29) is 97.2 Å². The average molecular weight is 1490 g/mol. The highest BCUT2D eigenvalue weighted by Gasteiger charge is 2.58. The van der Waals surface area contributed by atoms with Gasteiger partial charge in [-0.05, 0) is 123 Å². The molecule has 570 valence electrons. The van der Waals surface area contributed by atoms with E-state index in [4.69, 9.17) is 28.4 Å². The molecule has 7 aromatic rings. The van der Waals surface area contributed by atoms with Crippen molar-refractivity contribution in [3.8, 4) is 51.3 Å². The number of hydrogen-bond acceptors (Lipinski definition) is 19. The first-order valence-corrected chi connectivity index (χ1v) is 36.6. The van der Waals surface area contributed by atoms with Crippen LogP contribution < -0.4 is 65.4 Å². The molecule has 1 saturated carbocycles. The smallest absolute Gasteiger partial charge is 0.416 e. The zero-order valence-corrected chi connectivity index (χ0v) is 62.0. The van der Waals surface area contributed by atoms with Crippen molar-refractivity contribution in [2.45, 2.75) is 129 Å². The van der Waals surface area contributed by atoms with Crippen LogP contribution in [0.25, 0.3) is 28.1 Å². The number of anilines is 4. The molecule has 29 heteroatoms. The summed E-state index contributed by atoms with van der Waals surface area (Å²) in [6, 6.07) is 32.7. The molecule has 7 N–H and O–H groups in total. The summed E-state index contributed by atoms with van der Waals surface area (Å²) in [5.41, 5.74) is 8.54. The summed E-state index contributed by atoms with van der Waals surface area (Å²) in [5.74, 6) is -2.60. The van der Waals surface area contributed by atoms with Crippen molar-refractivity contribution in [3.63, 3.8) is 0 Å². The Balaban J connectivity index is 0.569. The van der Waals surface area contributed by atoms with Gasteiger partial charge in [-0.15, -0.1) is 5.10 Å². The summed E-state index contributed by atoms with van der Waals surface area (Å²) in [6.07, 6.45) is 2.33. The fourth-order valence-corrected chi connectivity index (χ4v) is 14.5. The standard InChI is InChI=1S/C80H89N13O16/c1-45(2)71(86-69(96)40-83-68(95)39-82-67(94)26-27-70(97)90-41-50-14-9-10-15-55(50)72-73(93(46(3)4)88-87-72)56-16-11-12-17-60(56)90)75(99)84-47(5)74(98)85-52-22-18-48(19-23-52)43-109-79(103)92-61-36-66(64(106-8)34-58(61)77(101)91-44-80(28-29-80)37-62(91)78(92)102)108-31-13-30-107-65-35-59-57(33-63(65)105-7)76(100)89-42-51(32-53(89)38-81-59)49-20-24-54(104-6)25-21-49/h9-12,14-25,33-36,42,45-47,53,62,71,78,81,102H,13,26-32,37-41,43-44H2,1-8H3,(H,82,94)(H,83,95)(H,84,99)(H,85,98)(H,86,96)/t47-,53-,62-,71-,78?/m0/s1. The Bertz CT molecular complexity index is 4710. The molecule has 1 aromatic heterocycles. The molecule has 1 saturated heterocycles. The molecule has 2 fully saturated rings. The average Bonchev–Trinajstić information content (AvgIpc) is 1.58. The Labute approximate surface area is 629 Å². The molecule has 6 aromatic carbocycles. The Morgan fingerprint density at radius 2 is 1.37 bits per heavy atom. The van der Waals surface area contributed by atoms with E-state index in [0.29, 0.717) is 77.7 Å². The lowest BCUT2D eigenvalue weighted by atomic mass is 9.95. The maximum absolute atomic E-state index is 14.5. The van der Waals surface area contributed by atoms with Crippen LogP contribution >= 0.6 is 0 Å². The summed E-state index contributed by atoms with van der Waals surface area (Å²) in [7, 11) is 4.56. The Hall–Kier alpha value is -12.0. The largest absolute Gasteiger partial charge is 0.497 e. The molecular weight excluding hydrogens is 1400 g/mol. The molecule has 0 bridgehead atoms. The first-order valence-electron chi connectivity index (χ1n) is 36.6. The molecule has 5 atom stereocenters. The Kier molecular flexibility index (Phi) is 22.2. The molecule has 13 rings (SSSR count). The number of nitrogens with one attached hydrogen (secondary N) is 6. The van der Waals surface area contributed by atoms with Gasteiger partial charge < -0.3 is 80.1 Å². The number of para-hydroxylation sites is 1. The van der Waals surface area contributed by atoms with Crippen LogP contribution in [-0.2, 0) is 46.7 Å². The normalized spacial score (nSPS) is 17.5. The number of aromatic nitrogens is 3. The summed E-state index contributed by atoms with van der Waals surface area (Å²) in [6.45, 7) is 8.96. The molecule has 0 radical (unpaired) electrons. The third kappa shape index (κ3) is 16.2. The van der Waals surface area contributed by atoms with E-state index in [2.05, 4.69) is 42.2 Å². The lowest BCUT2D eigenvalue weighted by Crippen LogP contribution is -2.55. The van der Waals surface area contributed by atoms with Gasteiger partial charge in [-0.25, -0.2) is 14.4 Å². The number of methoxy groups -OCH3 is 3. The van der Waals surface area contributed by atoms with Crippen molar-refractivity contribution >= 4 is 81.7 Å². The lowest BCUT2D eigenvalue weighted by Gasteiger charge is -2.31. The Morgan fingerprint density at radius 3 is 2.06 bits per heavy atom. The number of amides is 9. The van der Waals surface area contributed by atoms with Gasteiger partial charge in [-0.1, -0.05) is 85.8 Å². The monoisotopic (exact) mass is 1490 g/mol. The minimum Gasteiger partial charge on any atom is -0.497 e. The summed E-state index contributed by atoms with van der Waals surface area (Å²) in [4.78, 5) is 130. The molecule has 9 amide bonds. The van der Waals surface area contributed by atoms with E-state index in [1.165, 1.54) is 33.3 Å². The van der Waals surface area contributed by atoms with Crippen molar-refractivity contribution in [1.29, 1.82) is 0 Å². The van der Waals surface area contributed by atoms with Gasteiger partial charge in [0.2, 0.25) is 35.4 Å². The fourth-order valence-electron chi connectivity index (χ4n) is 14.5.